The third-order valence-electron chi connectivity index (χ3n) is 2.50. The van der Waals surface area contributed by atoms with Crippen LogP contribution in [0.3, 0.4) is 0 Å². The third-order valence-corrected chi connectivity index (χ3v) is 3.13. The van der Waals surface area contributed by atoms with Crippen LogP contribution in [0.4, 0.5) is 0 Å². The van der Waals surface area contributed by atoms with E-state index in [0.717, 1.165) is 29.5 Å². The summed E-state index contributed by atoms with van der Waals surface area (Å²) >= 11 is 1.60. The summed E-state index contributed by atoms with van der Waals surface area (Å²) < 4.78 is 2.10. The van der Waals surface area contributed by atoms with E-state index in [0.29, 0.717) is 6.54 Å². The van der Waals surface area contributed by atoms with Gasteiger partial charge in [0.15, 0.2) is 5.16 Å². The molecule has 0 aliphatic carbocycles. The highest BCUT2D eigenvalue weighted by atomic mass is 32.2. The minimum atomic E-state index is 0.677. The minimum Gasteiger partial charge on any atom is -0.330 e. The SMILES string of the molecule is CSc1nnc(CCCN)n1-c1ccccc1. The van der Waals surface area contributed by atoms with Gasteiger partial charge in [-0.3, -0.25) is 4.57 Å². The molecule has 1 aromatic carbocycles. The quantitative estimate of drug-likeness (QED) is 0.821. The number of thioether (sulfide) groups is 1. The predicted octanol–water partition coefficient (Wildman–Crippen LogP) is 1.88. The molecule has 0 aliphatic heterocycles. The lowest BCUT2D eigenvalue weighted by molar-refractivity contribution is 0.749. The van der Waals surface area contributed by atoms with Gasteiger partial charge in [0.2, 0.25) is 0 Å². The fourth-order valence-corrected chi connectivity index (χ4v) is 2.21. The fourth-order valence-electron chi connectivity index (χ4n) is 1.69. The van der Waals surface area contributed by atoms with Crippen molar-refractivity contribution >= 4 is 11.8 Å². The van der Waals surface area contributed by atoms with Crippen molar-refractivity contribution in [3.8, 4) is 5.69 Å². The summed E-state index contributed by atoms with van der Waals surface area (Å²) in [7, 11) is 0. The summed E-state index contributed by atoms with van der Waals surface area (Å²) in [4.78, 5) is 0. The number of benzene rings is 1. The Labute approximate surface area is 105 Å². The third kappa shape index (κ3) is 2.68. The van der Waals surface area contributed by atoms with Crippen molar-refractivity contribution in [2.45, 2.75) is 18.0 Å². The van der Waals surface area contributed by atoms with Crippen LogP contribution in [0.1, 0.15) is 12.2 Å². The van der Waals surface area contributed by atoms with Crippen LogP contribution in [0, 0.1) is 0 Å². The molecule has 0 amide bonds. The Morgan fingerprint density at radius 1 is 1.24 bits per heavy atom. The highest BCUT2D eigenvalue weighted by molar-refractivity contribution is 7.98. The maximum atomic E-state index is 5.54. The van der Waals surface area contributed by atoms with Crippen LogP contribution in [-0.2, 0) is 6.42 Å². The minimum absolute atomic E-state index is 0.677. The molecule has 0 radical (unpaired) electrons. The molecule has 17 heavy (non-hydrogen) atoms. The van der Waals surface area contributed by atoms with Gasteiger partial charge in [-0.05, 0) is 31.4 Å². The summed E-state index contributed by atoms with van der Waals surface area (Å²) in [5.41, 5.74) is 6.65. The van der Waals surface area contributed by atoms with E-state index in [2.05, 4.69) is 26.9 Å². The Morgan fingerprint density at radius 2 is 2.00 bits per heavy atom. The van der Waals surface area contributed by atoms with Gasteiger partial charge in [0.1, 0.15) is 5.82 Å². The number of nitrogens with zero attached hydrogens (tertiary/aromatic N) is 3. The molecule has 5 heteroatoms. The molecule has 90 valence electrons. The normalized spacial score (nSPS) is 10.7. The van der Waals surface area contributed by atoms with Crippen LogP contribution in [0.25, 0.3) is 5.69 Å². The van der Waals surface area contributed by atoms with Crippen molar-refractivity contribution < 1.29 is 0 Å². The number of aromatic nitrogens is 3. The monoisotopic (exact) mass is 248 g/mol. The molecule has 0 aliphatic rings. The molecule has 0 unspecified atom stereocenters. The molecule has 2 rings (SSSR count). The zero-order chi connectivity index (χ0) is 12.1. The van der Waals surface area contributed by atoms with E-state index >= 15 is 0 Å². The molecule has 0 saturated carbocycles. The van der Waals surface area contributed by atoms with E-state index in [1.165, 1.54) is 0 Å². The van der Waals surface area contributed by atoms with Crippen molar-refractivity contribution in [2.24, 2.45) is 5.73 Å². The Kier molecular flexibility index (Phi) is 4.17. The summed E-state index contributed by atoms with van der Waals surface area (Å²) in [5.74, 6) is 0.978. The first-order valence-corrected chi connectivity index (χ1v) is 6.83. The van der Waals surface area contributed by atoms with E-state index in [1.807, 2.05) is 24.5 Å². The van der Waals surface area contributed by atoms with E-state index in [1.54, 1.807) is 11.8 Å². The lowest BCUT2D eigenvalue weighted by Gasteiger charge is -2.08. The number of rotatable bonds is 5. The molecular weight excluding hydrogens is 232 g/mol. The van der Waals surface area contributed by atoms with Crippen molar-refractivity contribution in [1.82, 2.24) is 14.8 Å². The number of hydrogen-bond acceptors (Lipinski definition) is 4. The molecule has 0 bridgehead atoms. The molecule has 1 aromatic heterocycles. The van der Waals surface area contributed by atoms with E-state index in [9.17, 15) is 0 Å². The second-order valence-electron chi connectivity index (χ2n) is 3.67. The summed E-state index contributed by atoms with van der Waals surface area (Å²) in [6, 6.07) is 10.2. The highest BCUT2D eigenvalue weighted by Crippen LogP contribution is 2.20. The zero-order valence-corrected chi connectivity index (χ0v) is 10.7. The predicted molar refractivity (Wildman–Crippen MR) is 70.5 cm³/mol. The first kappa shape index (κ1) is 12.1. The molecule has 0 atom stereocenters. The van der Waals surface area contributed by atoms with Gasteiger partial charge < -0.3 is 5.73 Å². The van der Waals surface area contributed by atoms with Gasteiger partial charge in [-0.15, -0.1) is 10.2 Å². The second-order valence-corrected chi connectivity index (χ2v) is 4.44. The molecule has 2 aromatic rings. The van der Waals surface area contributed by atoms with E-state index < -0.39 is 0 Å². The van der Waals surface area contributed by atoms with Gasteiger partial charge in [-0.2, -0.15) is 0 Å². The van der Waals surface area contributed by atoms with Crippen LogP contribution in [0.15, 0.2) is 35.5 Å². The van der Waals surface area contributed by atoms with Gasteiger partial charge in [0.25, 0.3) is 0 Å². The molecule has 2 N–H and O–H groups in total. The molecule has 4 nitrogen and oxygen atoms in total. The van der Waals surface area contributed by atoms with Gasteiger partial charge in [-0.1, -0.05) is 30.0 Å². The smallest absolute Gasteiger partial charge is 0.195 e. The topological polar surface area (TPSA) is 56.7 Å². The van der Waals surface area contributed by atoms with Crippen LogP contribution < -0.4 is 5.73 Å². The van der Waals surface area contributed by atoms with Crippen molar-refractivity contribution in [1.29, 1.82) is 0 Å². The summed E-state index contributed by atoms with van der Waals surface area (Å²) in [6.45, 7) is 0.677. The van der Waals surface area contributed by atoms with Crippen molar-refractivity contribution in [3.63, 3.8) is 0 Å². The average Bonchev–Trinajstić information content (AvgIpc) is 2.80. The first-order valence-electron chi connectivity index (χ1n) is 5.60. The molecule has 0 fully saturated rings. The standard InChI is InChI=1S/C12H16N4S/c1-17-12-15-14-11(8-5-9-13)16(12)10-6-3-2-4-7-10/h2-4,6-7H,5,8-9,13H2,1H3. The Bertz CT molecular complexity index is 467. The molecule has 0 spiro atoms. The number of aryl methyl sites for hydroxylation is 1. The second kappa shape index (κ2) is 5.84. The molecule has 0 saturated heterocycles. The van der Waals surface area contributed by atoms with Crippen LogP contribution in [0.5, 0.6) is 0 Å². The molecule has 1 heterocycles. The Morgan fingerprint density at radius 3 is 2.65 bits per heavy atom. The number of para-hydroxylation sites is 1. The fraction of sp³-hybridized carbons (Fsp3) is 0.333. The number of nitrogens with two attached hydrogens (primary N) is 1. The highest BCUT2D eigenvalue weighted by Gasteiger charge is 2.12. The summed E-state index contributed by atoms with van der Waals surface area (Å²) in [6.07, 6.45) is 3.80. The van der Waals surface area contributed by atoms with Gasteiger partial charge in [0.05, 0.1) is 0 Å². The first-order chi connectivity index (χ1) is 8.36. The largest absolute Gasteiger partial charge is 0.330 e. The lowest BCUT2D eigenvalue weighted by atomic mass is 10.2. The van der Waals surface area contributed by atoms with Crippen molar-refractivity contribution in [2.75, 3.05) is 12.8 Å². The van der Waals surface area contributed by atoms with E-state index in [4.69, 9.17) is 5.73 Å². The van der Waals surface area contributed by atoms with Gasteiger partial charge in [0, 0.05) is 12.1 Å². The van der Waals surface area contributed by atoms with Crippen LogP contribution >= 0.6 is 11.8 Å². The van der Waals surface area contributed by atoms with Crippen LogP contribution in [0.2, 0.25) is 0 Å². The van der Waals surface area contributed by atoms with Crippen LogP contribution in [-0.4, -0.2) is 27.6 Å². The lowest BCUT2D eigenvalue weighted by Crippen LogP contribution is -2.06. The average molecular weight is 248 g/mol. The summed E-state index contributed by atoms with van der Waals surface area (Å²) in [5, 5.41) is 9.36. The van der Waals surface area contributed by atoms with E-state index in [-0.39, 0.29) is 0 Å². The van der Waals surface area contributed by atoms with Gasteiger partial charge >= 0.3 is 0 Å². The zero-order valence-electron chi connectivity index (χ0n) is 9.84. The maximum Gasteiger partial charge on any atom is 0.195 e. The molecular formula is C12H16N4S. The Hall–Kier alpha value is -1.33. The van der Waals surface area contributed by atoms with Gasteiger partial charge in [-0.25, -0.2) is 0 Å². The maximum absolute atomic E-state index is 5.54. The number of hydrogen-bond donors (Lipinski definition) is 1. The Balaban J connectivity index is 2.39. The van der Waals surface area contributed by atoms with Crippen molar-refractivity contribution in [3.05, 3.63) is 36.2 Å².